The molecule has 1 heterocycles. The van der Waals surface area contributed by atoms with Crippen molar-refractivity contribution in [3.05, 3.63) is 30.1 Å². The zero-order valence-corrected chi connectivity index (χ0v) is 25.3. The summed E-state index contributed by atoms with van der Waals surface area (Å²) in [5, 5.41) is 0. The van der Waals surface area contributed by atoms with Gasteiger partial charge in [-0.3, -0.25) is 4.98 Å². The maximum atomic E-state index is 12.7. The number of fused-ring (bicyclic) bond motifs is 5. The molecule has 0 aliphatic heterocycles. The van der Waals surface area contributed by atoms with Gasteiger partial charge in [-0.05, 0) is 135 Å². The number of rotatable bonds is 8. The fourth-order valence-electron chi connectivity index (χ4n) is 10.7. The van der Waals surface area contributed by atoms with Crippen molar-refractivity contribution in [3.8, 4) is 0 Å². The molecule has 3 unspecified atom stereocenters. The first kappa shape index (κ1) is 28.2. The molecular weight excluding hydrogens is 466 g/mol. The molecule has 1 aromatic heterocycles. The molecular formula is C35H55NO2. The minimum Gasteiger partial charge on any atom is -0.459 e. The van der Waals surface area contributed by atoms with E-state index in [-0.39, 0.29) is 12.1 Å². The molecule has 212 valence electrons. The quantitative estimate of drug-likeness (QED) is 0.320. The van der Waals surface area contributed by atoms with Crippen molar-refractivity contribution in [2.75, 3.05) is 0 Å². The Labute approximate surface area is 233 Å². The molecule has 4 fully saturated rings. The van der Waals surface area contributed by atoms with E-state index in [2.05, 4.69) is 46.5 Å². The van der Waals surface area contributed by atoms with Crippen molar-refractivity contribution >= 4 is 5.97 Å². The van der Waals surface area contributed by atoms with Crippen LogP contribution < -0.4 is 0 Å². The lowest BCUT2D eigenvalue weighted by Gasteiger charge is -2.61. The molecule has 0 bridgehead atoms. The van der Waals surface area contributed by atoms with Crippen molar-refractivity contribution in [2.45, 2.75) is 125 Å². The predicted octanol–water partition coefficient (Wildman–Crippen LogP) is 9.36. The van der Waals surface area contributed by atoms with Crippen LogP contribution in [0.1, 0.15) is 129 Å². The lowest BCUT2D eigenvalue weighted by Crippen LogP contribution is -2.54. The lowest BCUT2D eigenvalue weighted by molar-refractivity contribution is -0.130. The molecule has 10 atom stereocenters. The van der Waals surface area contributed by atoms with Crippen molar-refractivity contribution in [1.29, 1.82) is 0 Å². The largest absolute Gasteiger partial charge is 0.459 e. The van der Waals surface area contributed by atoms with E-state index >= 15 is 0 Å². The second-order valence-electron chi connectivity index (χ2n) is 14.9. The van der Waals surface area contributed by atoms with E-state index in [4.69, 9.17) is 4.74 Å². The molecule has 4 saturated carbocycles. The SMILES string of the molecule is CC[C@@H](CC[C@@H](C)[C@H]1CCC2C3CC[C@H]4C[C@@H](OC(=O)c5cccnc5)CC[C@]4(C)C3CC[C@@]21C)C(C)C. The number of pyridine rings is 1. The van der Waals surface area contributed by atoms with Crippen LogP contribution in [-0.2, 0) is 4.74 Å². The van der Waals surface area contributed by atoms with Crippen LogP contribution in [0.4, 0.5) is 0 Å². The maximum absolute atomic E-state index is 12.7. The Morgan fingerprint density at radius 3 is 2.47 bits per heavy atom. The van der Waals surface area contributed by atoms with Crippen LogP contribution in [0, 0.1) is 58.2 Å². The average molecular weight is 522 g/mol. The molecule has 3 heteroatoms. The van der Waals surface area contributed by atoms with E-state index in [1.54, 1.807) is 12.4 Å². The highest BCUT2D eigenvalue weighted by molar-refractivity contribution is 5.89. The first-order valence-electron chi connectivity index (χ1n) is 16.3. The summed E-state index contributed by atoms with van der Waals surface area (Å²) in [6.45, 7) is 15.2. The van der Waals surface area contributed by atoms with Crippen molar-refractivity contribution in [2.24, 2.45) is 58.2 Å². The predicted molar refractivity (Wildman–Crippen MR) is 156 cm³/mol. The van der Waals surface area contributed by atoms with Gasteiger partial charge in [-0.15, -0.1) is 0 Å². The first-order valence-corrected chi connectivity index (χ1v) is 16.3. The van der Waals surface area contributed by atoms with E-state index in [0.29, 0.717) is 22.3 Å². The van der Waals surface area contributed by atoms with Crippen molar-refractivity contribution in [1.82, 2.24) is 4.98 Å². The minimum atomic E-state index is -0.196. The van der Waals surface area contributed by atoms with Gasteiger partial charge in [0.1, 0.15) is 6.10 Å². The van der Waals surface area contributed by atoms with Gasteiger partial charge in [0, 0.05) is 12.4 Å². The summed E-state index contributed by atoms with van der Waals surface area (Å²) in [5.41, 5.74) is 1.56. The zero-order chi connectivity index (χ0) is 27.1. The van der Waals surface area contributed by atoms with Crippen LogP contribution in [0.25, 0.3) is 0 Å². The van der Waals surface area contributed by atoms with E-state index in [1.807, 2.05) is 12.1 Å². The van der Waals surface area contributed by atoms with Crippen LogP contribution in [0.15, 0.2) is 24.5 Å². The minimum absolute atomic E-state index is 0.0701. The molecule has 38 heavy (non-hydrogen) atoms. The summed E-state index contributed by atoms with van der Waals surface area (Å²) in [6, 6.07) is 3.63. The summed E-state index contributed by atoms with van der Waals surface area (Å²) < 4.78 is 6.02. The Morgan fingerprint density at radius 1 is 1.00 bits per heavy atom. The third kappa shape index (κ3) is 5.10. The highest BCUT2D eigenvalue weighted by Crippen LogP contribution is 2.68. The average Bonchev–Trinajstić information content (AvgIpc) is 3.26. The second kappa shape index (κ2) is 11.2. The van der Waals surface area contributed by atoms with Crippen LogP contribution in [-0.4, -0.2) is 17.1 Å². The molecule has 3 nitrogen and oxygen atoms in total. The summed E-state index contributed by atoms with van der Waals surface area (Å²) in [5.74, 6) is 6.73. The molecule has 0 spiro atoms. The van der Waals surface area contributed by atoms with Gasteiger partial charge in [0.2, 0.25) is 0 Å². The van der Waals surface area contributed by atoms with E-state index < -0.39 is 0 Å². The number of aromatic nitrogens is 1. The van der Waals surface area contributed by atoms with Gasteiger partial charge in [0.15, 0.2) is 0 Å². The van der Waals surface area contributed by atoms with Gasteiger partial charge in [0.05, 0.1) is 5.56 Å². The fraction of sp³-hybridized carbons (Fsp3) is 0.829. The molecule has 4 aliphatic carbocycles. The summed E-state index contributed by atoms with van der Waals surface area (Å²) in [4.78, 5) is 16.8. The molecule has 0 N–H and O–H groups in total. The number of esters is 1. The van der Waals surface area contributed by atoms with Gasteiger partial charge >= 0.3 is 5.97 Å². The zero-order valence-electron chi connectivity index (χ0n) is 25.3. The molecule has 4 aliphatic rings. The van der Waals surface area contributed by atoms with Gasteiger partial charge < -0.3 is 4.74 Å². The third-order valence-corrected chi connectivity index (χ3v) is 13.0. The van der Waals surface area contributed by atoms with E-state index in [0.717, 1.165) is 54.3 Å². The number of hydrogen-bond donors (Lipinski definition) is 0. The lowest BCUT2D eigenvalue weighted by atomic mass is 9.44. The Morgan fingerprint density at radius 2 is 1.76 bits per heavy atom. The monoisotopic (exact) mass is 521 g/mol. The molecule has 1 aromatic rings. The van der Waals surface area contributed by atoms with Gasteiger partial charge in [-0.25, -0.2) is 4.79 Å². The standard InChI is InChI=1S/C35H55NO2/c1-7-25(23(2)3)11-10-24(4)30-14-15-31-29-13-12-27-21-28(38-33(37)26-9-8-20-36-22-26)16-18-34(27,5)32(29)17-19-35(30,31)6/h8-9,20,22-25,27-32H,7,10-19,21H2,1-6H3/t24-,25+,27+,28+,29?,30-,31?,32?,34+,35-/m1/s1. The van der Waals surface area contributed by atoms with Crippen LogP contribution >= 0.6 is 0 Å². The van der Waals surface area contributed by atoms with Gasteiger partial charge in [0.25, 0.3) is 0 Å². The van der Waals surface area contributed by atoms with E-state index in [9.17, 15) is 4.79 Å². The molecule has 0 amide bonds. The van der Waals surface area contributed by atoms with E-state index in [1.165, 1.54) is 64.2 Å². The summed E-state index contributed by atoms with van der Waals surface area (Å²) in [6.07, 6.45) is 19.4. The highest BCUT2D eigenvalue weighted by atomic mass is 16.5. The highest BCUT2D eigenvalue weighted by Gasteiger charge is 2.60. The van der Waals surface area contributed by atoms with Crippen LogP contribution in [0.3, 0.4) is 0 Å². The summed E-state index contributed by atoms with van der Waals surface area (Å²) >= 11 is 0. The Bertz CT molecular complexity index is 945. The smallest absolute Gasteiger partial charge is 0.339 e. The number of carbonyl (C=O) groups is 1. The van der Waals surface area contributed by atoms with Crippen LogP contribution in [0.2, 0.25) is 0 Å². The second-order valence-corrected chi connectivity index (χ2v) is 14.9. The molecule has 0 saturated heterocycles. The molecule has 0 aromatic carbocycles. The molecule has 0 radical (unpaired) electrons. The van der Waals surface area contributed by atoms with Gasteiger partial charge in [-0.1, -0.05) is 54.4 Å². The van der Waals surface area contributed by atoms with Crippen molar-refractivity contribution in [3.63, 3.8) is 0 Å². The number of ether oxygens (including phenoxy) is 1. The molecule has 5 rings (SSSR count). The Balaban J connectivity index is 1.22. The van der Waals surface area contributed by atoms with Gasteiger partial charge in [-0.2, -0.15) is 0 Å². The maximum Gasteiger partial charge on any atom is 0.339 e. The third-order valence-electron chi connectivity index (χ3n) is 13.0. The Hall–Kier alpha value is -1.38. The van der Waals surface area contributed by atoms with Crippen LogP contribution in [0.5, 0.6) is 0 Å². The number of hydrogen-bond acceptors (Lipinski definition) is 3. The number of carbonyl (C=O) groups excluding carboxylic acids is 1. The normalized spacial score (nSPS) is 40.1. The fourth-order valence-corrected chi connectivity index (χ4v) is 10.7. The topological polar surface area (TPSA) is 39.2 Å². The first-order chi connectivity index (χ1) is 18.2. The van der Waals surface area contributed by atoms with Crippen molar-refractivity contribution < 1.29 is 9.53 Å². The Kier molecular flexibility index (Phi) is 8.33. The summed E-state index contributed by atoms with van der Waals surface area (Å²) in [7, 11) is 0. The number of nitrogens with zero attached hydrogens (tertiary/aromatic N) is 1.